The Morgan fingerprint density at radius 2 is 1.40 bits per heavy atom. The molecule has 0 heterocycles. The van der Waals surface area contributed by atoms with E-state index in [0.29, 0.717) is 0 Å². The summed E-state index contributed by atoms with van der Waals surface area (Å²) in [5, 5.41) is 35.1. The number of phenolic OH excluding ortho intramolecular Hbond substituents is 1. The van der Waals surface area contributed by atoms with Crippen LogP contribution in [0.4, 0.5) is 22.7 Å². The van der Waals surface area contributed by atoms with Crippen LogP contribution in [0.25, 0.3) is 10.8 Å². The molecule has 4 rings (SSSR count). The van der Waals surface area contributed by atoms with E-state index in [4.69, 9.17) is 5.14 Å². The number of hydrogen-bond donors (Lipinski definition) is 4. The number of anilines is 1. The maximum absolute atomic E-state index is 13.4. The minimum Gasteiger partial charge on any atom is -0.506 e. The minimum absolute atomic E-state index is 0.206. The van der Waals surface area contributed by atoms with Gasteiger partial charge in [-0.15, -0.1) is 10.2 Å². The van der Waals surface area contributed by atoms with Gasteiger partial charge in [-0.3, -0.25) is 14.8 Å². The number of fused-ring (bicyclic) bond motifs is 1. The zero-order chi connectivity index (χ0) is 36.0. The van der Waals surface area contributed by atoms with E-state index in [0.717, 1.165) is 54.8 Å². The zero-order valence-electron chi connectivity index (χ0n) is 25.4. The molecular formula is C27H28N6O11S4. The second-order valence-corrected chi connectivity index (χ2v) is 18.2. The number of nitro benzene ring substituents is 1. The third-order valence-corrected chi connectivity index (χ3v) is 11.5. The predicted molar refractivity (Wildman–Crippen MR) is 175 cm³/mol. The number of azo groups is 1. The summed E-state index contributed by atoms with van der Waals surface area (Å²) < 4.78 is 107. The second-order valence-electron chi connectivity index (χ2n) is 11.3. The third-order valence-electron chi connectivity index (χ3n) is 6.31. The smallest absolute Gasteiger partial charge is 0.270 e. The molecule has 0 saturated carbocycles. The number of nitrogens with one attached hydrogen (secondary N) is 2. The van der Waals surface area contributed by atoms with E-state index in [1.54, 1.807) is 20.8 Å². The van der Waals surface area contributed by atoms with Gasteiger partial charge in [0.2, 0.25) is 20.0 Å². The number of benzene rings is 4. The first-order valence-corrected chi connectivity index (χ1v) is 19.7. The van der Waals surface area contributed by atoms with Gasteiger partial charge in [-0.1, -0.05) is 18.2 Å². The SMILES string of the molecule is CC(C)(C)NS(=O)(=O)c1cc(N=Nc2ccc([N+](=O)[O-])cc2S(C)(=O)=O)c2c(NS(=O)(=O)c3cccc(S(N)(=O)=O)c3)cccc2c1O. The van der Waals surface area contributed by atoms with Crippen LogP contribution in [0.2, 0.25) is 0 Å². The van der Waals surface area contributed by atoms with Crippen LogP contribution in [0.1, 0.15) is 20.8 Å². The molecule has 4 aromatic carbocycles. The lowest BCUT2D eigenvalue weighted by Gasteiger charge is -2.22. The topological polar surface area (TPSA) is 275 Å². The highest BCUT2D eigenvalue weighted by Gasteiger charge is 2.29. The molecule has 0 aromatic heterocycles. The van der Waals surface area contributed by atoms with E-state index in [1.165, 1.54) is 18.2 Å². The van der Waals surface area contributed by atoms with Crippen LogP contribution in [0.15, 0.2) is 96.5 Å². The molecule has 0 saturated heterocycles. The van der Waals surface area contributed by atoms with Crippen LogP contribution >= 0.6 is 0 Å². The maximum atomic E-state index is 13.4. The molecule has 4 aromatic rings. The summed E-state index contributed by atoms with van der Waals surface area (Å²) in [7, 11) is -17.5. The van der Waals surface area contributed by atoms with Gasteiger partial charge in [-0.05, 0) is 57.2 Å². The first-order valence-electron chi connectivity index (χ1n) is 13.3. The first-order chi connectivity index (χ1) is 21.9. The predicted octanol–water partition coefficient (Wildman–Crippen LogP) is 3.80. The van der Waals surface area contributed by atoms with Gasteiger partial charge in [0, 0.05) is 34.7 Å². The van der Waals surface area contributed by atoms with Crippen molar-refractivity contribution in [3.8, 4) is 5.75 Å². The summed E-state index contributed by atoms with van der Waals surface area (Å²) in [6, 6.07) is 11.5. The molecule has 21 heteroatoms. The molecule has 0 aliphatic heterocycles. The number of sulfonamides is 3. The Bertz CT molecular complexity index is 2460. The molecule has 5 N–H and O–H groups in total. The van der Waals surface area contributed by atoms with E-state index < -0.39 is 81.4 Å². The van der Waals surface area contributed by atoms with E-state index >= 15 is 0 Å². The number of sulfone groups is 1. The van der Waals surface area contributed by atoms with Crippen LogP contribution in [-0.4, -0.2) is 55.5 Å². The Morgan fingerprint density at radius 3 is 1.98 bits per heavy atom. The lowest BCUT2D eigenvalue weighted by molar-refractivity contribution is -0.385. The van der Waals surface area contributed by atoms with Crippen molar-refractivity contribution in [3.05, 3.63) is 76.8 Å². The molecule has 0 bridgehead atoms. The molecule has 0 radical (unpaired) electrons. The molecule has 0 atom stereocenters. The van der Waals surface area contributed by atoms with Crippen molar-refractivity contribution in [2.45, 2.75) is 45.9 Å². The summed E-state index contributed by atoms with van der Waals surface area (Å²) in [5.74, 6) is -0.801. The van der Waals surface area contributed by atoms with Gasteiger partial charge in [0.25, 0.3) is 15.7 Å². The van der Waals surface area contributed by atoms with Crippen molar-refractivity contribution in [1.29, 1.82) is 0 Å². The molecule has 0 unspecified atom stereocenters. The molecule has 48 heavy (non-hydrogen) atoms. The van der Waals surface area contributed by atoms with Crippen molar-refractivity contribution in [1.82, 2.24) is 4.72 Å². The molecule has 0 amide bonds. The zero-order valence-corrected chi connectivity index (χ0v) is 28.7. The standard InChI is InChI=1S/C27H28N6O11S4/c1-27(2,3)32-48(43,44)24-15-22(30-29-20-12-11-16(33(35)36)13-23(20)45(4,37)38)25-19(26(24)34)9-6-10-21(25)31-47(41,42)18-8-5-7-17(14-18)46(28,39)40/h5-15,31-32,34H,1-4H3,(H2,28,39,40). The fraction of sp³-hybridized carbons (Fsp3) is 0.185. The van der Waals surface area contributed by atoms with Crippen molar-refractivity contribution >= 4 is 73.4 Å². The Balaban J connectivity index is 2.02. The lowest BCUT2D eigenvalue weighted by Crippen LogP contribution is -2.40. The highest BCUT2D eigenvalue weighted by Crippen LogP contribution is 2.43. The van der Waals surface area contributed by atoms with E-state index in [-0.39, 0.29) is 27.8 Å². The highest BCUT2D eigenvalue weighted by molar-refractivity contribution is 7.93. The summed E-state index contributed by atoms with van der Waals surface area (Å²) >= 11 is 0. The number of aromatic hydroxyl groups is 1. The molecule has 17 nitrogen and oxygen atoms in total. The summed E-state index contributed by atoms with van der Waals surface area (Å²) in [6.45, 7) is 4.63. The highest BCUT2D eigenvalue weighted by atomic mass is 32.2. The summed E-state index contributed by atoms with van der Waals surface area (Å²) in [5.41, 5.74) is -2.62. The molecule has 0 fully saturated rings. The van der Waals surface area contributed by atoms with Crippen LogP contribution in [-0.2, 0) is 39.9 Å². The van der Waals surface area contributed by atoms with Crippen LogP contribution in [0.3, 0.4) is 0 Å². The Hall–Kier alpha value is -4.54. The normalized spacial score (nSPS) is 13.2. The van der Waals surface area contributed by atoms with Crippen LogP contribution in [0, 0.1) is 10.1 Å². The van der Waals surface area contributed by atoms with Gasteiger partial charge >= 0.3 is 0 Å². The molecular weight excluding hydrogens is 713 g/mol. The quantitative estimate of drug-likeness (QED) is 0.103. The molecule has 0 spiro atoms. The maximum Gasteiger partial charge on any atom is 0.270 e. The van der Waals surface area contributed by atoms with Crippen LogP contribution < -0.4 is 14.6 Å². The van der Waals surface area contributed by atoms with Gasteiger partial charge in [0.15, 0.2) is 9.84 Å². The van der Waals surface area contributed by atoms with Gasteiger partial charge in [0.1, 0.15) is 21.2 Å². The average Bonchev–Trinajstić information content (AvgIpc) is 2.94. The number of primary sulfonamides is 1. The lowest BCUT2D eigenvalue weighted by atomic mass is 10.1. The number of nitrogens with zero attached hydrogens (tertiary/aromatic N) is 3. The Labute approximate surface area is 275 Å². The number of hydrogen-bond acceptors (Lipinski definition) is 13. The Morgan fingerprint density at radius 1 is 0.792 bits per heavy atom. The third kappa shape index (κ3) is 7.94. The van der Waals surface area contributed by atoms with Crippen molar-refractivity contribution in [3.63, 3.8) is 0 Å². The monoisotopic (exact) mass is 740 g/mol. The minimum atomic E-state index is -4.58. The summed E-state index contributed by atoms with van der Waals surface area (Å²) in [4.78, 5) is 8.17. The fourth-order valence-electron chi connectivity index (χ4n) is 4.38. The first kappa shape index (κ1) is 36.3. The number of nitrogens with two attached hydrogens (primary N) is 1. The van der Waals surface area contributed by atoms with E-state index in [1.807, 2.05) is 0 Å². The molecule has 0 aliphatic carbocycles. The average molecular weight is 741 g/mol. The van der Waals surface area contributed by atoms with Crippen molar-refractivity contribution in [2.75, 3.05) is 11.0 Å². The van der Waals surface area contributed by atoms with E-state index in [2.05, 4.69) is 19.7 Å². The number of nitro groups is 1. The van der Waals surface area contributed by atoms with Crippen molar-refractivity contribution in [2.24, 2.45) is 15.4 Å². The fourth-order valence-corrected chi connectivity index (χ4v) is 8.50. The van der Waals surface area contributed by atoms with Gasteiger partial charge in [0.05, 0.1) is 26.1 Å². The second kappa shape index (κ2) is 12.5. The van der Waals surface area contributed by atoms with Gasteiger partial charge < -0.3 is 5.11 Å². The largest absolute Gasteiger partial charge is 0.506 e. The van der Waals surface area contributed by atoms with Crippen molar-refractivity contribution < 1.29 is 43.7 Å². The summed E-state index contributed by atoms with van der Waals surface area (Å²) in [6.07, 6.45) is 0.779. The number of rotatable bonds is 10. The number of phenols is 1. The molecule has 256 valence electrons. The Kier molecular flexibility index (Phi) is 9.44. The molecule has 0 aliphatic rings. The van der Waals surface area contributed by atoms with Gasteiger partial charge in [-0.25, -0.2) is 43.5 Å². The van der Waals surface area contributed by atoms with Crippen LogP contribution in [0.5, 0.6) is 5.75 Å². The van der Waals surface area contributed by atoms with Gasteiger partial charge in [-0.2, -0.15) is 0 Å². The number of non-ortho nitro benzene ring substituents is 1. The van der Waals surface area contributed by atoms with E-state index in [9.17, 15) is 48.9 Å².